The highest BCUT2D eigenvalue weighted by Crippen LogP contribution is 2.22. The highest BCUT2D eigenvalue weighted by Gasteiger charge is 2.37. The summed E-state index contributed by atoms with van der Waals surface area (Å²) in [5.41, 5.74) is -1.14. The van der Waals surface area contributed by atoms with Crippen LogP contribution in [0.2, 0.25) is 0 Å². The molecule has 1 rings (SSSR count). The van der Waals surface area contributed by atoms with E-state index in [0.29, 0.717) is 0 Å². The van der Waals surface area contributed by atoms with E-state index in [0.717, 1.165) is 0 Å². The predicted octanol–water partition coefficient (Wildman–Crippen LogP) is 1.16. The van der Waals surface area contributed by atoms with Gasteiger partial charge in [-0.25, -0.2) is 0 Å². The fourth-order valence-corrected chi connectivity index (χ4v) is 1.02. The summed E-state index contributed by atoms with van der Waals surface area (Å²) in [5, 5.41) is 9.93. The average molecular weight is 198 g/mol. The van der Waals surface area contributed by atoms with Crippen LogP contribution in [-0.2, 0) is 9.47 Å². The van der Waals surface area contributed by atoms with Crippen LogP contribution >= 0.6 is 0 Å². The summed E-state index contributed by atoms with van der Waals surface area (Å²) in [4.78, 5) is 0. The second-order valence-electron chi connectivity index (χ2n) is 4.43. The minimum atomic E-state index is -1.14. The van der Waals surface area contributed by atoms with E-state index in [1.165, 1.54) is 0 Å². The van der Waals surface area contributed by atoms with Gasteiger partial charge in [-0.2, -0.15) is 0 Å². The topological polar surface area (TPSA) is 38.7 Å². The zero-order chi connectivity index (χ0) is 10.8. The second-order valence-corrected chi connectivity index (χ2v) is 4.43. The van der Waals surface area contributed by atoms with Crippen molar-refractivity contribution in [2.24, 2.45) is 5.92 Å². The molecule has 0 amide bonds. The van der Waals surface area contributed by atoms with Gasteiger partial charge in [0.2, 0.25) is 0 Å². The first kappa shape index (κ1) is 11.5. The molecule has 1 fully saturated rings. The summed E-state index contributed by atoms with van der Waals surface area (Å²) in [7, 11) is 0. The zero-order valence-corrected chi connectivity index (χ0v) is 9.26. The van der Waals surface area contributed by atoms with Crippen LogP contribution in [0.1, 0.15) is 27.7 Å². The van der Waals surface area contributed by atoms with Gasteiger partial charge in [-0.05, 0) is 13.8 Å². The molecule has 0 aromatic carbocycles. The molecule has 0 radical (unpaired) electrons. The molecule has 80 valence electrons. The molecule has 1 N–H and O–H groups in total. The Morgan fingerprint density at radius 2 is 1.71 bits per heavy atom. The Hall–Kier alpha value is -0.560. The molecule has 0 aromatic rings. The van der Waals surface area contributed by atoms with Crippen LogP contribution < -0.4 is 0 Å². The Balaban J connectivity index is 2.59. The lowest BCUT2D eigenvalue weighted by Crippen LogP contribution is -2.50. The second kappa shape index (κ2) is 3.90. The van der Waals surface area contributed by atoms with Crippen molar-refractivity contribution in [3.63, 3.8) is 0 Å². The van der Waals surface area contributed by atoms with Crippen LogP contribution in [0.15, 0.2) is 0 Å². The van der Waals surface area contributed by atoms with Gasteiger partial charge in [-0.1, -0.05) is 25.7 Å². The van der Waals surface area contributed by atoms with E-state index >= 15 is 0 Å². The summed E-state index contributed by atoms with van der Waals surface area (Å²) in [5.74, 6) is 5.35. The van der Waals surface area contributed by atoms with Gasteiger partial charge >= 0.3 is 0 Å². The van der Waals surface area contributed by atoms with E-state index in [1.54, 1.807) is 0 Å². The third-order valence-corrected chi connectivity index (χ3v) is 1.91. The van der Waals surface area contributed by atoms with Gasteiger partial charge in [-0.15, -0.1) is 0 Å². The lowest BCUT2D eigenvalue weighted by atomic mass is 10.0. The quantitative estimate of drug-likeness (QED) is 0.594. The largest absolute Gasteiger partial charge is 0.373 e. The Bertz CT molecular complexity index is 247. The molecule has 0 saturated carbocycles. The van der Waals surface area contributed by atoms with E-state index < -0.39 is 11.4 Å². The highest BCUT2D eigenvalue weighted by molar-refractivity contribution is 5.16. The monoisotopic (exact) mass is 198 g/mol. The minimum Gasteiger partial charge on any atom is -0.373 e. The van der Waals surface area contributed by atoms with E-state index in [4.69, 9.17) is 9.47 Å². The number of rotatable bonds is 0. The molecule has 0 bridgehead atoms. The standard InChI is InChI=1S/C11H18O3/c1-9(2)5-6-11(12)7-13-10(3,4)14-8-11/h9,12H,7-8H2,1-4H3. The molecule has 0 atom stereocenters. The summed E-state index contributed by atoms with van der Waals surface area (Å²) in [6.07, 6.45) is 0. The summed E-state index contributed by atoms with van der Waals surface area (Å²) < 4.78 is 10.7. The van der Waals surface area contributed by atoms with Gasteiger partial charge in [-0.3, -0.25) is 0 Å². The van der Waals surface area contributed by atoms with Gasteiger partial charge in [0.15, 0.2) is 11.4 Å². The fraction of sp³-hybridized carbons (Fsp3) is 0.818. The molecule has 14 heavy (non-hydrogen) atoms. The van der Waals surface area contributed by atoms with Crippen LogP contribution in [-0.4, -0.2) is 29.7 Å². The van der Waals surface area contributed by atoms with E-state index in [2.05, 4.69) is 11.8 Å². The Morgan fingerprint density at radius 3 is 2.14 bits per heavy atom. The van der Waals surface area contributed by atoms with E-state index in [-0.39, 0.29) is 19.1 Å². The van der Waals surface area contributed by atoms with Crippen molar-refractivity contribution in [2.75, 3.05) is 13.2 Å². The van der Waals surface area contributed by atoms with Crippen LogP contribution in [0, 0.1) is 17.8 Å². The molecule has 1 saturated heterocycles. The van der Waals surface area contributed by atoms with Crippen LogP contribution in [0.5, 0.6) is 0 Å². The first-order valence-corrected chi connectivity index (χ1v) is 4.86. The number of hydrogen-bond donors (Lipinski definition) is 1. The van der Waals surface area contributed by atoms with Crippen molar-refractivity contribution < 1.29 is 14.6 Å². The van der Waals surface area contributed by atoms with Crippen molar-refractivity contribution in [2.45, 2.75) is 39.1 Å². The fourth-order valence-electron chi connectivity index (χ4n) is 1.02. The Kier molecular flexibility index (Phi) is 3.20. The minimum absolute atomic E-state index is 0.208. The van der Waals surface area contributed by atoms with Gasteiger partial charge in [0, 0.05) is 5.92 Å². The van der Waals surface area contributed by atoms with Crippen LogP contribution in [0.4, 0.5) is 0 Å². The van der Waals surface area contributed by atoms with Crippen molar-refractivity contribution in [1.29, 1.82) is 0 Å². The van der Waals surface area contributed by atoms with Gasteiger partial charge in [0.1, 0.15) is 0 Å². The highest BCUT2D eigenvalue weighted by atomic mass is 16.7. The maximum Gasteiger partial charge on any atom is 0.172 e. The first-order valence-electron chi connectivity index (χ1n) is 4.86. The summed E-state index contributed by atoms with van der Waals surface area (Å²) in [6.45, 7) is 8.01. The Labute approximate surface area is 85.4 Å². The molecule has 3 heteroatoms. The molecule has 1 heterocycles. The van der Waals surface area contributed by atoms with Crippen molar-refractivity contribution in [3.05, 3.63) is 0 Å². The van der Waals surface area contributed by atoms with E-state index in [9.17, 15) is 5.11 Å². The average Bonchev–Trinajstić information content (AvgIpc) is 2.08. The smallest absolute Gasteiger partial charge is 0.172 e. The van der Waals surface area contributed by atoms with Gasteiger partial charge in [0.25, 0.3) is 0 Å². The zero-order valence-electron chi connectivity index (χ0n) is 9.26. The molecule has 1 aliphatic rings. The molecule has 0 spiro atoms. The first-order chi connectivity index (χ1) is 6.33. The number of aliphatic hydroxyl groups is 1. The normalized spacial score (nSPS) is 24.1. The molecular weight excluding hydrogens is 180 g/mol. The third-order valence-electron chi connectivity index (χ3n) is 1.91. The summed E-state index contributed by atoms with van der Waals surface area (Å²) >= 11 is 0. The lowest BCUT2D eigenvalue weighted by molar-refractivity contribution is -0.288. The maximum absolute atomic E-state index is 9.93. The molecule has 1 aliphatic heterocycles. The van der Waals surface area contributed by atoms with Crippen molar-refractivity contribution in [1.82, 2.24) is 0 Å². The van der Waals surface area contributed by atoms with E-state index in [1.807, 2.05) is 27.7 Å². The molecule has 3 nitrogen and oxygen atoms in total. The molecular formula is C11H18O3. The molecule has 0 aliphatic carbocycles. The summed E-state index contributed by atoms with van der Waals surface area (Å²) in [6, 6.07) is 0. The molecule has 0 unspecified atom stereocenters. The Morgan fingerprint density at radius 1 is 1.21 bits per heavy atom. The SMILES string of the molecule is CC(C)C#CC1(O)COC(C)(C)OC1. The lowest BCUT2D eigenvalue weighted by Gasteiger charge is -2.37. The number of ether oxygens (including phenoxy) is 2. The van der Waals surface area contributed by atoms with Gasteiger partial charge in [0.05, 0.1) is 13.2 Å². The van der Waals surface area contributed by atoms with Crippen LogP contribution in [0.3, 0.4) is 0 Å². The van der Waals surface area contributed by atoms with Gasteiger partial charge < -0.3 is 14.6 Å². The maximum atomic E-state index is 9.93. The third kappa shape index (κ3) is 3.30. The van der Waals surface area contributed by atoms with Crippen molar-refractivity contribution >= 4 is 0 Å². The molecule has 0 aromatic heterocycles. The predicted molar refractivity (Wildman–Crippen MR) is 53.5 cm³/mol. The number of hydrogen-bond acceptors (Lipinski definition) is 3. The van der Waals surface area contributed by atoms with Crippen LogP contribution in [0.25, 0.3) is 0 Å². The van der Waals surface area contributed by atoms with Crippen molar-refractivity contribution in [3.8, 4) is 11.8 Å².